The van der Waals surface area contributed by atoms with Gasteiger partial charge in [-0.2, -0.15) is 0 Å². The summed E-state index contributed by atoms with van der Waals surface area (Å²) in [6, 6.07) is 0. The summed E-state index contributed by atoms with van der Waals surface area (Å²) in [5, 5.41) is 26.7. The van der Waals surface area contributed by atoms with E-state index in [1.54, 1.807) is 0 Å². The van der Waals surface area contributed by atoms with Crippen LogP contribution in [-0.4, -0.2) is 46.8 Å². The molecule has 1 fully saturated rings. The monoisotopic (exact) mass is 148 g/mol. The van der Waals surface area contributed by atoms with Gasteiger partial charge in [0.2, 0.25) is 0 Å². The maximum atomic E-state index is 9.10. The second-order valence-corrected chi connectivity index (χ2v) is 2.44. The number of aliphatic hydroxyl groups excluding tert-OH is 3. The molecule has 3 N–H and O–H groups in total. The molecule has 4 nitrogen and oxygen atoms in total. The molecule has 0 radical (unpaired) electrons. The van der Waals surface area contributed by atoms with Crippen LogP contribution in [0.2, 0.25) is 0 Å². The quantitative estimate of drug-likeness (QED) is 0.423. The molecular formula is C6H12O4. The summed E-state index contributed by atoms with van der Waals surface area (Å²) in [4.78, 5) is 0. The van der Waals surface area contributed by atoms with Crippen LogP contribution in [0.25, 0.3) is 0 Å². The molecule has 4 heteroatoms. The number of hydrogen-bond donors (Lipinski definition) is 3. The third-order valence-electron chi connectivity index (χ3n) is 1.70. The van der Waals surface area contributed by atoms with Crippen molar-refractivity contribution >= 4 is 0 Å². The first kappa shape index (κ1) is 7.94. The highest BCUT2D eigenvalue weighted by Gasteiger charge is 2.30. The maximum Gasteiger partial charge on any atom is 0.109 e. The molecule has 2 unspecified atom stereocenters. The van der Waals surface area contributed by atoms with Gasteiger partial charge in [0, 0.05) is 6.61 Å². The van der Waals surface area contributed by atoms with E-state index in [0.717, 1.165) is 0 Å². The molecule has 0 aromatic carbocycles. The van der Waals surface area contributed by atoms with E-state index in [4.69, 9.17) is 20.1 Å². The minimum atomic E-state index is -0.932. The van der Waals surface area contributed by atoms with E-state index in [9.17, 15) is 0 Å². The molecule has 1 aliphatic rings. The lowest BCUT2D eigenvalue weighted by Crippen LogP contribution is -2.46. The van der Waals surface area contributed by atoms with E-state index < -0.39 is 18.3 Å². The van der Waals surface area contributed by atoms with E-state index >= 15 is 0 Å². The first-order valence-corrected chi connectivity index (χ1v) is 3.34. The third-order valence-corrected chi connectivity index (χ3v) is 1.70. The summed E-state index contributed by atoms with van der Waals surface area (Å²) in [7, 11) is 0. The maximum absolute atomic E-state index is 9.10. The largest absolute Gasteiger partial charge is 0.394 e. The summed E-state index contributed by atoms with van der Waals surface area (Å²) < 4.78 is 4.95. The Labute approximate surface area is 59.1 Å². The molecule has 0 bridgehead atoms. The van der Waals surface area contributed by atoms with Crippen molar-refractivity contribution in [2.24, 2.45) is 0 Å². The first-order valence-electron chi connectivity index (χ1n) is 3.34. The lowest BCUT2D eigenvalue weighted by molar-refractivity contribution is -0.147. The van der Waals surface area contributed by atoms with Gasteiger partial charge in [-0.1, -0.05) is 0 Å². The van der Waals surface area contributed by atoms with E-state index in [1.165, 1.54) is 0 Å². The first-order chi connectivity index (χ1) is 4.75. The van der Waals surface area contributed by atoms with E-state index in [2.05, 4.69) is 0 Å². The van der Waals surface area contributed by atoms with Crippen molar-refractivity contribution in [3.8, 4) is 0 Å². The predicted octanol–water partition coefficient (Wildman–Crippen LogP) is -1.51. The number of aliphatic hydroxyl groups is 3. The van der Waals surface area contributed by atoms with Crippen LogP contribution < -0.4 is 0 Å². The second-order valence-electron chi connectivity index (χ2n) is 2.44. The Balaban J connectivity index is 2.42. The van der Waals surface area contributed by atoms with Crippen molar-refractivity contribution in [3.63, 3.8) is 0 Å². The molecule has 0 aromatic rings. The summed E-state index contributed by atoms with van der Waals surface area (Å²) in [6.07, 6.45) is -1.84. The zero-order valence-electron chi connectivity index (χ0n) is 5.60. The molecule has 1 heterocycles. The van der Waals surface area contributed by atoms with Gasteiger partial charge < -0.3 is 20.1 Å². The van der Waals surface area contributed by atoms with Gasteiger partial charge in [-0.05, 0) is 6.42 Å². The minimum absolute atomic E-state index is 0.238. The summed E-state index contributed by atoms with van der Waals surface area (Å²) in [5.41, 5.74) is 0. The molecule has 3 atom stereocenters. The average Bonchev–Trinajstić information content (AvgIpc) is 1.95. The van der Waals surface area contributed by atoms with Gasteiger partial charge in [0.25, 0.3) is 0 Å². The van der Waals surface area contributed by atoms with Gasteiger partial charge in [0.05, 0.1) is 12.7 Å². The molecule has 0 amide bonds. The van der Waals surface area contributed by atoms with E-state index in [0.29, 0.717) is 13.0 Å². The van der Waals surface area contributed by atoms with Crippen LogP contribution in [0.1, 0.15) is 6.42 Å². The predicted molar refractivity (Wildman–Crippen MR) is 33.5 cm³/mol. The highest BCUT2D eigenvalue weighted by atomic mass is 16.5. The zero-order chi connectivity index (χ0) is 7.56. The highest BCUT2D eigenvalue weighted by molar-refractivity contribution is 4.79. The zero-order valence-corrected chi connectivity index (χ0v) is 5.60. The Morgan fingerprint density at radius 3 is 2.60 bits per heavy atom. The summed E-state index contributed by atoms with van der Waals surface area (Å²) in [5.74, 6) is 0. The molecule has 0 saturated carbocycles. The third kappa shape index (κ3) is 1.46. The van der Waals surface area contributed by atoms with E-state index in [1.807, 2.05) is 0 Å². The fraction of sp³-hybridized carbons (Fsp3) is 1.00. The Hall–Kier alpha value is -0.160. The Morgan fingerprint density at radius 2 is 2.10 bits per heavy atom. The SMILES string of the molecule is OC[C@H]1OCCC(O)C1O. The van der Waals surface area contributed by atoms with E-state index in [-0.39, 0.29) is 6.61 Å². The Kier molecular flexibility index (Phi) is 2.62. The molecule has 0 aromatic heterocycles. The molecule has 1 aliphatic heterocycles. The molecular weight excluding hydrogens is 136 g/mol. The molecule has 1 rings (SSSR count). The molecule has 1 saturated heterocycles. The van der Waals surface area contributed by atoms with Crippen LogP contribution >= 0.6 is 0 Å². The van der Waals surface area contributed by atoms with Crippen molar-refractivity contribution in [2.45, 2.75) is 24.7 Å². The summed E-state index contributed by atoms with van der Waals surface area (Å²) >= 11 is 0. The molecule has 10 heavy (non-hydrogen) atoms. The highest BCUT2D eigenvalue weighted by Crippen LogP contribution is 2.13. The lowest BCUT2D eigenvalue weighted by Gasteiger charge is -2.30. The van der Waals surface area contributed by atoms with Gasteiger partial charge in [-0.3, -0.25) is 0 Å². The Bertz CT molecular complexity index is 106. The van der Waals surface area contributed by atoms with Gasteiger partial charge in [-0.25, -0.2) is 0 Å². The van der Waals surface area contributed by atoms with Crippen molar-refractivity contribution in [3.05, 3.63) is 0 Å². The van der Waals surface area contributed by atoms with Crippen LogP contribution in [0.4, 0.5) is 0 Å². The molecule has 0 spiro atoms. The van der Waals surface area contributed by atoms with Gasteiger partial charge in [0.15, 0.2) is 0 Å². The second kappa shape index (κ2) is 3.30. The lowest BCUT2D eigenvalue weighted by atomic mass is 10.0. The fourth-order valence-electron chi connectivity index (χ4n) is 1.02. The van der Waals surface area contributed by atoms with Gasteiger partial charge >= 0.3 is 0 Å². The van der Waals surface area contributed by atoms with Crippen LogP contribution in [0.15, 0.2) is 0 Å². The smallest absolute Gasteiger partial charge is 0.109 e. The van der Waals surface area contributed by atoms with Crippen LogP contribution in [-0.2, 0) is 4.74 Å². The Morgan fingerprint density at radius 1 is 1.40 bits per heavy atom. The van der Waals surface area contributed by atoms with Crippen molar-refractivity contribution < 1.29 is 20.1 Å². The standard InChI is InChI=1S/C6H12O4/c7-3-5-6(9)4(8)1-2-10-5/h4-9H,1-3H2/t4?,5-,6?/m1/s1. The minimum Gasteiger partial charge on any atom is -0.394 e. The van der Waals surface area contributed by atoms with Crippen molar-refractivity contribution in [1.82, 2.24) is 0 Å². The molecule has 0 aliphatic carbocycles. The number of rotatable bonds is 1. The molecule has 60 valence electrons. The fourth-order valence-corrected chi connectivity index (χ4v) is 1.02. The summed E-state index contributed by atoms with van der Waals surface area (Å²) in [6.45, 7) is 0.168. The van der Waals surface area contributed by atoms with Gasteiger partial charge in [-0.15, -0.1) is 0 Å². The van der Waals surface area contributed by atoms with Crippen LogP contribution in [0, 0.1) is 0 Å². The van der Waals surface area contributed by atoms with Crippen LogP contribution in [0.3, 0.4) is 0 Å². The van der Waals surface area contributed by atoms with Crippen molar-refractivity contribution in [1.29, 1.82) is 0 Å². The normalized spacial score (nSPS) is 41.7. The average molecular weight is 148 g/mol. The van der Waals surface area contributed by atoms with Crippen molar-refractivity contribution in [2.75, 3.05) is 13.2 Å². The van der Waals surface area contributed by atoms with Gasteiger partial charge in [0.1, 0.15) is 12.2 Å². The van der Waals surface area contributed by atoms with Crippen LogP contribution in [0.5, 0.6) is 0 Å². The number of ether oxygens (including phenoxy) is 1. The topological polar surface area (TPSA) is 69.9 Å². The number of hydrogen-bond acceptors (Lipinski definition) is 4.